The number of rotatable bonds is 6. The SMILES string of the molecule is C#CCC(CC)NC(=O)Cn1cccc1C(=O)O. The van der Waals surface area contributed by atoms with Crippen LogP contribution in [0.3, 0.4) is 0 Å². The summed E-state index contributed by atoms with van der Waals surface area (Å²) >= 11 is 0. The molecule has 18 heavy (non-hydrogen) atoms. The summed E-state index contributed by atoms with van der Waals surface area (Å²) in [6.45, 7) is 1.91. The molecule has 1 amide bonds. The Morgan fingerprint density at radius 3 is 2.89 bits per heavy atom. The lowest BCUT2D eigenvalue weighted by Crippen LogP contribution is -2.36. The number of hydrogen-bond donors (Lipinski definition) is 2. The van der Waals surface area contributed by atoms with Gasteiger partial charge in [-0.3, -0.25) is 4.79 Å². The van der Waals surface area contributed by atoms with E-state index in [2.05, 4.69) is 11.2 Å². The maximum Gasteiger partial charge on any atom is 0.352 e. The molecule has 2 N–H and O–H groups in total. The number of hydrogen-bond acceptors (Lipinski definition) is 2. The van der Waals surface area contributed by atoms with Crippen molar-refractivity contribution in [2.24, 2.45) is 0 Å². The van der Waals surface area contributed by atoms with Crippen molar-refractivity contribution in [2.75, 3.05) is 0 Å². The minimum atomic E-state index is -1.05. The monoisotopic (exact) mass is 248 g/mol. The average molecular weight is 248 g/mol. The molecule has 0 aliphatic carbocycles. The molecule has 0 fully saturated rings. The first-order valence-electron chi connectivity index (χ1n) is 5.69. The Hall–Kier alpha value is -2.22. The molecule has 1 rings (SSSR count). The lowest BCUT2D eigenvalue weighted by molar-refractivity contribution is -0.122. The lowest BCUT2D eigenvalue weighted by atomic mass is 10.1. The van der Waals surface area contributed by atoms with E-state index in [4.69, 9.17) is 11.5 Å². The third kappa shape index (κ3) is 3.67. The normalized spacial score (nSPS) is 11.6. The van der Waals surface area contributed by atoms with Gasteiger partial charge in [0.25, 0.3) is 0 Å². The molecule has 1 aromatic heterocycles. The zero-order chi connectivity index (χ0) is 13.5. The molecule has 0 bridgehead atoms. The van der Waals surface area contributed by atoms with Gasteiger partial charge in [-0.1, -0.05) is 6.92 Å². The molecule has 5 heteroatoms. The Morgan fingerprint density at radius 1 is 1.61 bits per heavy atom. The van der Waals surface area contributed by atoms with Gasteiger partial charge in [0.1, 0.15) is 12.2 Å². The van der Waals surface area contributed by atoms with Crippen LogP contribution >= 0.6 is 0 Å². The number of carboxylic acid groups (broad SMARTS) is 1. The molecule has 0 radical (unpaired) electrons. The molecular weight excluding hydrogens is 232 g/mol. The van der Waals surface area contributed by atoms with Crippen LogP contribution in [0, 0.1) is 12.3 Å². The van der Waals surface area contributed by atoms with E-state index in [1.54, 1.807) is 12.3 Å². The van der Waals surface area contributed by atoms with Gasteiger partial charge in [-0.15, -0.1) is 12.3 Å². The number of amides is 1. The van der Waals surface area contributed by atoms with Crippen LogP contribution in [0.15, 0.2) is 18.3 Å². The molecule has 1 heterocycles. The number of aromatic carboxylic acids is 1. The molecule has 5 nitrogen and oxygen atoms in total. The van der Waals surface area contributed by atoms with Gasteiger partial charge in [0.05, 0.1) is 0 Å². The topological polar surface area (TPSA) is 71.3 Å². The van der Waals surface area contributed by atoms with Crippen molar-refractivity contribution < 1.29 is 14.7 Å². The van der Waals surface area contributed by atoms with Crippen LogP contribution in [0.4, 0.5) is 0 Å². The van der Waals surface area contributed by atoms with Crippen LogP contribution in [0.5, 0.6) is 0 Å². The van der Waals surface area contributed by atoms with Gasteiger partial charge in [0, 0.05) is 18.7 Å². The predicted molar refractivity (Wildman–Crippen MR) is 67.1 cm³/mol. The van der Waals surface area contributed by atoms with Crippen LogP contribution in [-0.4, -0.2) is 27.6 Å². The molecule has 1 unspecified atom stereocenters. The van der Waals surface area contributed by atoms with Crippen LogP contribution in [0.1, 0.15) is 30.3 Å². The number of nitrogens with zero attached hydrogens (tertiary/aromatic N) is 1. The number of carbonyl (C=O) groups excluding carboxylic acids is 1. The maximum absolute atomic E-state index is 11.7. The fraction of sp³-hybridized carbons (Fsp3) is 0.385. The second-order valence-electron chi connectivity index (χ2n) is 3.91. The summed E-state index contributed by atoms with van der Waals surface area (Å²) in [6, 6.07) is 2.98. The molecular formula is C13H16N2O3. The van der Waals surface area contributed by atoms with Gasteiger partial charge in [-0.2, -0.15) is 0 Å². The number of aromatic nitrogens is 1. The summed E-state index contributed by atoms with van der Waals surface area (Å²) in [5.74, 6) is 1.20. The van der Waals surface area contributed by atoms with Crippen molar-refractivity contribution in [3.8, 4) is 12.3 Å². The molecule has 0 aromatic carbocycles. The van der Waals surface area contributed by atoms with E-state index in [0.717, 1.165) is 6.42 Å². The van der Waals surface area contributed by atoms with Crippen LogP contribution in [-0.2, 0) is 11.3 Å². The molecule has 1 aromatic rings. The second-order valence-corrected chi connectivity index (χ2v) is 3.91. The molecule has 0 saturated heterocycles. The Balaban J connectivity index is 2.62. The van der Waals surface area contributed by atoms with Crippen LogP contribution in [0.25, 0.3) is 0 Å². The number of carboxylic acids is 1. The van der Waals surface area contributed by atoms with E-state index >= 15 is 0 Å². The van der Waals surface area contributed by atoms with Crippen LogP contribution in [0.2, 0.25) is 0 Å². The minimum Gasteiger partial charge on any atom is -0.477 e. The van der Waals surface area contributed by atoms with E-state index < -0.39 is 5.97 Å². The summed E-state index contributed by atoms with van der Waals surface area (Å²) in [6.07, 6.45) is 7.97. The highest BCUT2D eigenvalue weighted by Crippen LogP contribution is 2.03. The van der Waals surface area contributed by atoms with Crippen molar-refractivity contribution >= 4 is 11.9 Å². The first kappa shape index (κ1) is 13.8. The summed E-state index contributed by atoms with van der Waals surface area (Å²) in [7, 11) is 0. The highest BCUT2D eigenvalue weighted by molar-refractivity contribution is 5.86. The largest absolute Gasteiger partial charge is 0.477 e. The Labute approximate surface area is 106 Å². The summed E-state index contributed by atoms with van der Waals surface area (Å²) in [4.78, 5) is 22.6. The van der Waals surface area contributed by atoms with Crippen molar-refractivity contribution in [2.45, 2.75) is 32.4 Å². The first-order chi connectivity index (χ1) is 8.58. The standard InChI is InChI=1S/C13H16N2O3/c1-3-6-10(4-2)14-12(16)9-15-8-5-7-11(15)13(17)18/h1,5,7-8,10H,4,6,9H2,2H3,(H,14,16)(H,17,18). The zero-order valence-electron chi connectivity index (χ0n) is 10.2. The fourth-order valence-corrected chi connectivity index (χ4v) is 1.61. The number of carbonyl (C=O) groups is 2. The number of nitrogens with one attached hydrogen (secondary N) is 1. The van der Waals surface area contributed by atoms with Crippen molar-refractivity contribution in [3.05, 3.63) is 24.0 Å². The summed E-state index contributed by atoms with van der Waals surface area (Å²) < 4.78 is 1.39. The highest BCUT2D eigenvalue weighted by Gasteiger charge is 2.13. The van der Waals surface area contributed by atoms with Gasteiger partial charge >= 0.3 is 5.97 Å². The Kier molecular flexibility index (Phi) is 5.00. The van der Waals surface area contributed by atoms with Gasteiger partial charge in [-0.05, 0) is 18.6 Å². The van der Waals surface area contributed by atoms with E-state index in [-0.39, 0.29) is 24.2 Å². The van der Waals surface area contributed by atoms with E-state index in [1.165, 1.54) is 10.6 Å². The smallest absolute Gasteiger partial charge is 0.352 e. The van der Waals surface area contributed by atoms with Crippen molar-refractivity contribution in [3.63, 3.8) is 0 Å². The molecule has 0 spiro atoms. The Bertz CT molecular complexity index is 471. The van der Waals surface area contributed by atoms with Gasteiger partial charge < -0.3 is 15.0 Å². The molecule has 96 valence electrons. The lowest BCUT2D eigenvalue weighted by Gasteiger charge is -2.15. The summed E-state index contributed by atoms with van der Waals surface area (Å²) in [5.41, 5.74) is 0.0927. The molecule has 0 aliphatic rings. The minimum absolute atomic E-state index is 0.0182. The van der Waals surface area contributed by atoms with Gasteiger partial charge in [0.2, 0.25) is 5.91 Å². The fourth-order valence-electron chi connectivity index (χ4n) is 1.61. The van der Waals surface area contributed by atoms with Gasteiger partial charge in [0.15, 0.2) is 0 Å². The first-order valence-corrected chi connectivity index (χ1v) is 5.69. The van der Waals surface area contributed by atoms with Crippen molar-refractivity contribution in [1.82, 2.24) is 9.88 Å². The molecule has 0 saturated carbocycles. The third-order valence-corrected chi connectivity index (χ3v) is 2.58. The predicted octanol–water partition coefficient (Wildman–Crippen LogP) is 1.10. The van der Waals surface area contributed by atoms with Gasteiger partial charge in [-0.25, -0.2) is 4.79 Å². The van der Waals surface area contributed by atoms with E-state index in [1.807, 2.05) is 6.92 Å². The maximum atomic E-state index is 11.7. The Morgan fingerprint density at radius 2 is 2.33 bits per heavy atom. The van der Waals surface area contributed by atoms with E-state index in [9.17, 15) is 9.59 Å². The molecule has 1 atom stereocenters. The van der Waals surface area contributed by atoms with Crippen LogP contribution < -0.4 is 5.32 Å². The third-order valence-electron chi connectivity index (χ3n) is 2.58. The zero-order valence-corrected chi connectivity index (χ0v) is 10.2. The molecule has 0 aliphatic heterocycles. The quantitative estimate of drug-likeness (QED) is 0.741. The van der Waals surface area contributed by atoms with Crippen molar-refractivity contribution in [1.29, 1.82) is 0 Å². The summed E-state index contributed by atoms with van der Waals surface area (Å²) in [5, 5.41) is 11.7. The average Bonchev–Trinajstić information content (AvgIpc) is 2.76. The highest BCUT2D eigenvalue weighted by atomic mass is 16.4. The number of terminal acetylenes is 1. The second kappa shape index (κ2) is 6.50. The van der Waals surface area contributed by atoms with E-state index in [0.29, 0.717) is 6.42 Å².